The molecule has 0 radical (unpaired) electrons. The predicted molar refractivity (Wildman–Crippen MR) is 209 cm³/mol. The fraction of sp³-hybridized carbons (Fsp3) is 0.550. The van der Waals surface area contributed by atoms with Gasteiger partial charge in [0.25, 0.3) is 0 Å². The van der Waals surface area contributed by atoms with E-state index >= 15 is 0 Å². The summed E-state index contributed by atoms with van der Waals surface area (Å²) in [6.07, 6.45) is 12.7. The fourth-order valence-electron chi connectivity index (χ4n) is 5.96. The number of aryl methyl sites for hydroxylation is 1. The number of nitrogens with zero attached hydrogens (tertiary/aromatic N) is 6. The number of hydrogen-bond acceptors (Lipinski definition) is 9. The lowest BCUT2D eigenvalue weighted by atomic mass is 9.95. The average Bonchev–Trinajstić information content (AvgIpc) is 3.54. The fourth-order valence-corrected chi connectivity index (χ4v) is 6.71. The minimum Gasteiger partial charge on any atom is -0.494 e. The van der Waals surface area contributed by atoms with E-state index in [1.54, 1.807) is 13.2 Å². The van der Waals surface area contributed by atoms with E-state index in [9.17, 15) is 10.1 Å². The van der Waals surface area contributed by atoms with E-state index in [0.29, 0.717) is 44.5 Å². The van der Waals surface area contributed by atoms with Crippen LogP contribution in [0.1, 0.15) is 117 Å². The summed E-state index contributed by atoms with van der Waals surface area (Å²) >= 11 is 1.24. The minimum absolute atomic E-state index is 0.206. The second kappa shape index (κ2) is 21.9. The van der Waals surface area contributed by atoms with E-state index in [1.165, 1.54) is 62.3 Å². The number of benzene rings is 2. The molecule has 0 aliphatic heterocycles. The zero-order valence-electron chi connectivity index (χ0n) is 31.3. The SMILES string of the molecule is CCCCc1ccc(N=Nc2cc(C#N)c(/N=N/c3cc(OC)c(N(CC(CC)CCCC)CC(CC)CCCC)cc3NC(C)=O)s2)cc1. The Hall–Kier alpha value is -4.10. The molecule has 0 aliphatic carbocycles. The van der Waals surface area contributed by atoms with Gasteiger partial charge < -0.3 is 15.0 Å². The molecule has 2 aromatic carbocycles. The lowest BCUT2D eigenvalue weighted by Gasteiger charge is -2.34. The first-order valence-corrected chi connectivity index (χ1v) is 19.3. The molecule has 50 heavy (non-hydrogen) atoms. The van der Waals surface area contributed by atoms with Crippen molar-refractivity contribution in [1.82, 2.24) is 0 Å². The molecule has 1 heterocycles. The van der Waals surface area contributed by atoms with Gasteiger partial charge in [0.05, 0.1) is 29.7 Å². The molecule has 0 saturated carbocycles. The van der Waals surface area contributed by atoms with Crippen LogP contribution in [-0.4, -0.2) is 26.1 Å². The van der Waals surface area contributed by atoms with Crippen molar-refractivity contribution >= 4 is 50.0 Å². The van der Waals surface area contributed by atoms with Crippen molar-refractivity contribution in [3.05, 3.63) is 53.6 Å². The maximum Gasteiger partial charge on any atom is 0.221 e. The van der Waals surface area contributed by atoms with Crippen molar-refractivity contribution in [3.63, 3.8) is 0 Å². The second-order valence-corrected chi connectivity index (χ2v) is 14.1. The molecule has 0 spiro atoms. The van der Waals surface area contributed by atoms with Crippen LogP contribution >= 0.6 is 11.3 Å². The van der Waals surface area contributed by atoms with Crippen molar-refractivity contribution < 1.29 is 9.53 Å². The molecule has 1 aromatic heterocycles. The number of carbonyl (C=O) groups excluding carboxylic acids is 1. The van der Waals surface area contributed by atoms with E-state index in [2.05, 4.69) is 83.5 Å². The Morgan fingerprint density at radius 2 is 1.52 bits per heavy atom. The molecule has 0 aliphatic rings. The highest BCUT2D eigenvalue weighted by atomic mass is 32.1. The zero-order valence-corrected chi connectivity index (χ0v) is 32.1. The van der Waals surface area contributed by atoms with Crippen LogP contribution in [0, 0.1) is 23.2 Å². The van der Waals surface area contributed by atoms with Gasteiger partial charge in [-0.3, -0.25) is 4.79 Å². The number of hydrogen-bond donors (Lipinski definition) is 1. The number of nitrogens with one attached hydrogen (secondary N) is 1. The van der Waals surface area contributed by atoms with Gasteiger partial charge in [0.1, 0.15) is 22.5 Å². The van der Waals surface area contributed by atoms with Gasteiger partial charge in [-0.2, -0.15) is 5.26 Å². The van der Waals surface area contributed by atoms with Crippen molar-refractivity contribution in [2.24, 2.45) is 32.3 Å². The van der Waals surface area contributed by atoms with Gasteiger partial charge in [0.2, 0.25) is 5.91 Å². The molecule has 270 valence electrons. The van der Waals surface area contributed by atoms with Crippen LogP contribution < -0.4 is 15.0 Å². The Bertz CT molecular complexity index is 1560. The number of ether oxygens (including phenoxy) is 1. The van der Waals surface area contributed by atoms with E-state index in [0.717, 1.165) is 56.6 Å². The quantitative estimate of drug-likeness (QED) is 0.105. The van der Waals surface area contributed by atoms with Gasteiger partial charge in [-0.05, 0) is 67.3 Å². The molecule has 1 N–H and O–H groups in total. The van der Waals surface area contributed by atoms with Crippen molar-refractivity contribution in [2.45, 2.75) is 112 Å². The third-order valence-corrected chi connectivity index (χ3v) is 9.98. The summed E-state index contributed by atoms with van der Waals surface area (Å²) in [5.41, 5.74) is 4.31. The van der Waals surface area contributed by atoms with Crippen molar-refractivity contribution in [1.29, 1.82) is 5.26 Å². The van der Waals surface area contributed by atoms with Crippen LogP contribution in [0.3, 0.4) is 0 Å². The number of anilines is 2. The average molecular weight is 700 g/mol. The summed E-state index contributed by atoms with van der Waals surface area (Å²) in [6.45, 7) is 14.5. The van der Waals surface area contributed by atoms with E-state index in [1.807, 2.05) is 24.3 Å². The molecule has 3 aromatic rings. The Balaban J connectivity index is 1.98. The number of methoxy groups -OCH3 is 1. The van der Waals surface area contributed by atoms with Crippen LogP contribution in [0.5, 0.6) is 5.75 Å². The topological polar surface area (TPSA) is 115 Å². The second-order valence-electron chi connectivity index (χ2n) is 13.0. The van der Waals surface area contributed by atoms with Gasteiger partial charge in [-0.25, -0.2) is 0 Å². The number of nitriles is 1. The standard InChI is InChI=1S/C40H57N7O2S/c1-8-13-16-30(11-4)27-47(28-31(12-5)17-14-9-2)37-24-35(42-29(6)48)36(25-38(37)49-7)44-46-40-33(26-41)23-39(50-40)45-43-34-21-19-32(20-22-34)18-15-10-3/h19-25,30-31H,8-18,27-28H2,1-7H3,(H,42,48)/b45-43?,46-44+. The number of amides is 1. The third kappa shape index (κ3) is 12.7. The summed E-state index contributed by atoms with van der Waals surface area (Å²) in [4.78, 5) is 14.9. The number of thiophene rings is 1. The molecule has 0 saturated heterocycles. The zero-order chi connectivity index (χ0) is 36.3. The molecule has 2 atom stereocenters. The molecule has 10 heteroatoms. The first-order chi connectivity index (χ1) is 24.3. The number of unbranched alkanes of at least 4 members (excludes halogenated alkanes) is 3. The predicted octanol–water partition coefficient (Wildman–Crippen LogP) is 13.0. The Morgan fingerprint density at radius 3 is 2.06 bits per heavy atom. The van der Waals surface area contributed by atoms with Crippen LogP contribution in [0.4, 0.5) is 32.8 Å². The Labute approximate surface area is 304 Å². The summed E-state index contributed by atoms with van der Waals surface area (Å²) in [6, 6.07) is 15.7. The maximum absolute atomic E-state index is 12.4. The maximum atomic E-state index is 12.4. The van der Waals surface area contributed by atoms with Crippen LogP contribution in [0.2, 0.25) is 0 Å². The van der Waals surface area contributed by atoms with Gasteiger partial charge >= 0.3 is 0 Å². The van der Waals surface area contributed by atoms with Crippen LogP contribution in [0.15, 0.2) is 62.9 Å². The summed E-state index contributed by atoms with van der Waals surface area (Å²) < 4.78 is 5.99. The third-order valence-electron chi connectivity index (χ3n) is 9.08. The van der Waals surface area contributed by atoms with E-state index in [4.69, 9.17) is 4.74 Å². The Morgan fingerprint density at radius 1 is 0.880 bits per heavy atom. The van der Waals surface area contributed by atoms with Crippen molar-refractivity contribution in [3.8, 4) is 11.8 Å². The lowest BCUT2D eigenvalue weighted by molar-refractivity contribution is -0.114. The molecule has 0 bridgehead atoms. The van der Waals surface area contributed by atoms with Gasteiger partial charge in [-0.1, -0.05) is 103 Å². The molecule has 2 unspecified atom stereocenters. The number of azo groups is 2. The molecular weight excluding hydrogens is 643 g/mol. The van der Waals surface area contributed by atoms with E-state index < -0.39 is 0 Å². The van der Waals surface area contributed by atoms with Gasteiger partial charge in [0.15, 0.2) is 5.00 Å². The number of rotatable bonds is 22. The highest BCUT2D eigenvalue weighted by Crippen LogP contribution is 2.43. The van der Waals surface area contributed by atoms with Crippen LogP contribution in [-0.2, 0) is 11.2 Å². The van der Waals surface area contributed by atoms with E-state index in [-0.39, 0.29) is 5.91 Å². The highest BCUT2D eigenvalue weighted by molar-refractivity contribution is 7.19. The molecular formula is C40H57N7O2S. The smallest absolute Gasteiger partial charge is 0.221 e. The molecule has 9 nitrogen and oxygen atoms in total. The summed E-state index contributed by atoms with van der Waals surface area (Å²) in [5.74, 6) is 1.56. The highest BCUT2D eigenvalue weighted by Gasteiger charge is 2.23. The molecule has 1 amide bonds. The summed E-state index contributed by atoms with van der Waals surface area (Å²) in [7, 11) is 1.67. The lowest BCUT2D eigenvalue weighted by Crippen LogP contribution is -2.34. The summed E-state index contributed by atoms with van der Waals surface area (Å²) in [5, 5.41) is 31.6. The van der Waals surface area contributed by atoms with Gasteiger partial charge in [-0.15, -0.1) is 20.5 Å². The normalized spacial score (nSPS) is 12.7. The Kier molecular flexibility index (Phi) is 17.6. The molecule has 0 fully saturated rings. The largest absolute Gasteiger partial charge is 0.494 e. The van der Waals surface area contributed by atoms with Crippen molar-refractivity contribution in [2.75, 3.05) is 30.4 Å². The minimum atomic E-state index is -0.206. The first kappa shape index (κ1) is 40.3. The van der Waals surface area contributed by atoms with Gasteiger partial charge in [0, 0.05) is 26.1 Å². The molecule has 3 rings (SSSR count). The monoisotopic (exact) mass is 699 g/mol. The first-order valence-electron chi connectivity index (χ1n) is 18.5. The number of carbonyl (C=O) groups is 1. The van der Waals surface area contributed by atoms with Crippen LogP contribution in [0.25, 0.3) is 0 Å².